The zero-order chi connectivity index (χ0) is 21.4. The van der Waals surface area contributed by atoms with Crippen LogP contribution >= 0.6 is 11.3 Å². The summed E-state index contributed by atoms with van der Waals surface area (Å²) >= 11 is 1.20. The first-order valence-electron chi connectivity index (χ1n) is 9.87. The van der Waals surface area contributed by atoms with Crippen molar-refractivity contribution in [2.75, 3.05) is 5.32 Å². The van der Waals surface area contributed by atoms with Crippen LogP contribution in [0.15, 0.2) is 48.8 Å². The van der Waals surface area contributed by atoms with Gasteiger partial charge in [-0.1, -0.05) is 23.5 Å². The van der Waals surface area contributed by atoms with E-state index in [1.54, 1.807) is 30.6 Å². The van der Waals surface area contributed by atoms with Gasteiger partial charge >= 0.3 is 0 Å². The zero-order valence-electron chi connectivity index (χ0n) is 16.3. The molecule has 0 aliphatic heterocycles. The molecular formula is C21H18F2N6OS. The monoisotopic (exact) mass is 440 g/mol. The molecule has 10 heteroatoms. The standard InChI is InChI=1S/C21H18F2N6OS/c22-12-10-14(23)19-18(11-12)31-21(28-19)27-16-6-3-5-15(16)26-20(30)13-4-1-2-7-17(13)29-24-8-9-25-29/h1-2,4,7-11,15-16H,3,5-6H2,(H,26,30)(H,27,28)/t15-,16+/m1/s1. The molecule has 7 nitrogen and oxygen atoms in total. The Balaban J connectivity index is 1.34. The molecule has 2 aromatic carbocycles. The van der Waals surface area contributed by atoms with Gasteiger partial charge in [0.15, 0.2) is 10.9 Å². The summed E-state index contributed by atoms with van der Waals surface area (Å²) in [6, 6.07) is 9.05. The van der Waals surface area contributed by atoms with Crippen molar-refractivity contribution in [3.05, 3.63) is 66.0 Å². The molecule has 1 aliphatic carbocycles. The number of carbonyl (C=O) groups is 1. The molecule has 4 aromatic rings. The van der Waals surface area contributed by atoms with Crippen molar-refractivity contribution in [1.82, 2.24) is 25.3 Å². The van der Waals surface area contributed by atoms with Gasteiger partial charge in [0.2, 0.25) is 0 Å². The van der Waals surface area contributed by atoms with Gasteiger partial charge in [-0.3, -0.25) is 4.79 Å². The molecular weight excluding hydrogens is 422 g/mol. The van der Waals surface area contributed by atoms with Crippen LogP contribution in [0.1, 0.15) is 29.6 Å². The first-order valence-corrected chi connectivity index (χ1v) is 10.7. The zero-order valence-corrected chi connectivity index (χ0v) is 17.1. The van der Waals surface area contributed by atoms with E-state index in [4.69, 9.17) is 0 Å². The molecule has 5 rings (SSSR count). The highest BCUT2D eigenvalue weighted by molar-refractivity contribution is 7.22. The number of anilines is 1. The molecule has 0 spiro atoms. The summed E-state index contributed by atoms with van der Waals surface area (Å²) in [4.78, 5) is 18.7. The predicted molar refractivity (Wildman–Crippen MR) is 113 cm³/mol. The first kappa shape index (κ1) is 19.6. The molecule has 2 atom stereocenters. The van der Waals surface area contributed by atoms with Crippen LogP contribution in [-0.2, 0) is 0 Å². The summed E-state index contributed by atoms with van der Waals surface area (Å²) in [7, 11) is 0. The Bertz CT molecular complexity index is 1240. The Morgan fingerprint density at radius 2 is 1.87 bits per heavy atom. The van der Waals surface area contributed by atoms with E-state index < -0.39 is 11.6 Å². The van der Waals surface area contributed by atoms with Gasteiger partial charge in [-0.25, -0.2) is 13.8 Å². The first-order chi connectivity index (χ1) is 15.1. The number of halogens is 2. The number of fused-ring (bicyclic) bond motifs is 1. The van der Waals surface area contributed by atoms with E-state index >= 15 is 0 Å². The maximum Gasteiger partial charge on any atom is 0.253 e. The predicted octanol–water partition coefficient (Wildman–Crippen LogP) is 3.92. The highest BCUT2D eigenvalue weighted by Crippen LogP contribution is 2.31. The van der Waals surface area contributed by atoms with E-state index in [-0.39, 0.29) is 23.5 Å². The van der Waals surface area contributed by atoms with Crippen molar-refractivity contribution >= 4 is 32.6 Å². The molecule has 2 N–H and O–H groups in total. The number of para-hydroxylation sites is 1. The molecule has 0 bridgehead atoms. The van der Waals surface area contributed by atoms with E-state index in [1.807, 2.05) is 6.07 Å². The lowest BCUT2D eigenvalue weighted by Gasteiger charge is -2.22. The largest absolute Gasteiger partial charge is 0.357 e. The van der Waals surface area contributed by atoms with Crippen LogP contribution in [0.5, 0.6) is 0 Å². The minimum Gasteiger partial charge on any atom is -0.357 e. The second kappa shape index (κ2) is 8.03. The number of hydrogen-bond acceptors (Lipinski definition) is 6. The van der Waals surface area contributed by atoms with Crippen molar-refractivity contribution in [3.63, 3.8) is 0 Å². The van der Waals surface area contributed by atoms with Gasteiger partial charge in [0.25, 0.3) is 5.91 Å². The minimum atomic E-state index is -0.681. The summed E-state index contributed by atoms with van der Waals surface area (Å²) < 4.78 is 27.9. The quantitative estimate of drug-likeness (QED) is 0.491. The van der Waals surface area contributed by atoms with Crippen LogP contribution in [0, 0.1) is 11.6 Å². The summed E-state index contributed by atoms with van der Waals surface area (Å²) in [6.45, 7) is 0. The van der Waals surface area contributed by atoms with Gasteiger partial charge in [-0.2, -0.15) is 15.0 Å². The fourth-order valence-corrected chi connectivity index (χ4v) is 4.88. The third-order valence-electron chi connectivity index (χ3n) is 5.34. The van der Waals surface area contributed by atoms with E-state index in [0.717, 1.165) is 25.3 Å². The van der Waals surface area contributed by atoms with Gasteiger partial charge in [-0.15, -0.1) is 0 Å². The number of rotatable bonds is 5. The normalized spacial score (nSPS) is 18.4. The maximum absolute atomic E-state index is 14.0. The Hall–Kier alpha value is -3.40. The molecule has 1 saturated carbocycles. The molecule has 2 heterocycles. The molecule has 1 amide bonds. The van der Waals surface area contributed by atoms with Crippen LogP contribution in [0.4, 0.5) is 13.9 Å². The van der Waals surface area contributed by atoms with Gasteiger partial charge in [0.1, 0.15) is 11.3 Å². The van der Waals surface area contributed by atoms with Crippen molar-refractivity contribution < 1.29 is 13.6 Å². The number of thiazole rings is 1. The highest BCUT2D eigenvalue weighted by Gasteiger charge is 2.30. The number of carbonyl (C=O) groups excluding carboxylic acids is 1. The Morgan fingerprint density at radius 1 is 1.10 bits per heavy atom. The van der Waals surface area contributed by atoms with Crippen LogP contribution in [0.3, 0.4) is 0 Å². The number of nitrogens with zero attached hydrogens (tertiary/aromatic N) is 4. The molecule has 1 aliphatic rings. The fourth-order valence-electron chi connectivity index (χ4n) is 3.91. The lowest BCUT2D eigenvalue weighted by molar-refractivity contribution is 0.0935. The van der Waals surface area contributed by atoms with E-state index in [9.17, 15) is 13.6 Å². The number of amides is 1. The topological polar surface area (TPSA) is 84.7 Å². The van der Waals surface area contributed by atoms with Gasteiger partial charge in [-0.05, 0) is 37.5 Å². The SMILES string of the molecule is O=C(N[C@@H]1CCC[C@@H]1Nc1nc2c(F)cc(F)cc2s1)c1ccccc1-n1nccn1. The Labute approximate surface area is 180 Å². The third kappa shape index (κ3) is 3.86. The Morgan fingerprint density at radius 3 is 2.71 bits per heavy atom. The second-order valence-corrected chi connectivity index (χ2v) is 8.38. The van der Waals surface area contributed by atoms with Crippen LogP contribution in [0.25, 0.3) is 15.9 Å². The average molecular weight is 440 g/mol. The van der Waals surface area contributed by atoms with Crippen LogP contribution in [-0.4, -0.2) is 38.0 Å². The minimum absolute atomic E-state index is 0.0626. The average Bonchev–Trinajstić information content (AvgIpc) is 3.50. The van der Waals surface area contributed by atoms with Crippen molar-refractivity contribution in [2.45, 2.75) is 31.3 Å². The molecule has 158 valence electrons. The smallest absolute Gasteiger partial charge is 0.253 e. The fraction of sp³-hybridized carbons (Fsp3) is 0.238. The summed E-state index contributed by atoms with van der Waals surface area (Å²) in [5, 5.41) is 15.1. The van der Waals surface area contributed by atoms with Gasteiger partial charge in [0, 0.05) is 18.2 Å². The van der Waals surface area contributed by atoms with E-state index in [1.165, 1.54) is 22.2 Å². The molecule has 31 heavy (non-hydrogen) atoms. The van der Waals surface area contributed by atoms with Gasteiger partial charge < -0.3 is 10.6 Å². The van der Waals surface area contributed by atoms with Gasteiger partial charge in [0.05, 0.1) is 28.3 Å². The Kier molecular flexibility index (Phi) is 5.06. The number of benzene rings is 2. The maximum atomic E-state index is 14.0. The van der Waals surface area contributed by atoms with Crippen LogP contribution < -0.4 is 10.6 Å². The second-order valence-electron chi connectivity index (χ2n) is 7.35. The summed E-state index contributed by atoms with van der Waals surface area (Å²) in [5.41, 5.74) is 1.21. The molecule has 0 saturated heterocycles. The lowest BCUT2D eigenvalue weighted by Crippen LogP contribution is -2.43. The van der Waals surface area contributed by atoms with Crippen molar-refractivity contribution in [1.29, 1.82) is 0 Å². The highest BCUT2D eigenvalue weighted by atomic mass is 32.1. The lowest BCUT2D eigenvalue weighted by atomic mass is 10.1. The molecule has 1 fully saturated rings. The number of hydrogen-bond donors (Lipinski definition) is 2. The molecule has 0 radical (unpaired) electrons. The van der Waals surface area contributed by atoms with Crippen molar-refractivity contribution in [3.8, 4) is 5.69 Å². The summed E-state index contributed by atoms with van der Waals surface area (Å²) in [5.74, 6) is -1.53. The summed E-state index contributed by atoms with van der Waals surface area (Å²) in [6.07, 6.45) is 5.68. The van der Waals surface area contributed by atoms with Crippen LogP contribution in [0.2, 0.25) is 0 Å². The molecule has 0 unspecified atom stereocenters. The van der Waals surface area contributed by atoms with Crippen molar-refractivity contribution in [2.24, 2.45) is 0 Å². The third-order valence-corrected chi connectivity index (χ3v) is 6.27. The molecule has 2 aromatic heterocycles. The van der Waals surface area contributed by atoms with E-state index in [2.05, 4.69) is 25.8 Å². The number of aromatic nitrogens is 4. The van der Waals surface area contributed by atoms with E-state index in [0.29, 0.717) is 21.1 Å². The number of nitrogens with one attached hydrogen (secondary N) is 2.